The van der Waals surface area contributed by atoms with E-state index in [0.717, 1.165) is 17.3 Å². The van der Waals surface area contributed by atoms with Gasteiger partial charge in [0.1, 0.15) is 12.6 Å². The first kappa shape index (κ1) is 20.5. The summed E-state index contributed by atoms with van der Waals surface area (Å²) in [7, 11) is 0. The van der Waals surface area contributed by atoms with Crippen LogP contribution in [0.1, 0.15) is 5.56 Å². The van der Waals surface area contributed by atoms with Gasteiger partial charge < -0.3 is 15.2 Å². The number of alkyl halides is 3. The number of alkyl carbamates (subject to hydrolysis) is 1. The second-order valence-corrected chi connectivity index (χ2v) is 6.78. The zero-order valence-corrected chi connectivity index (χ0v) is 14.0. The number of amides is 1. The Kier molecular flexibility index (Phi) is 8.83. The maximum atomic E-state index is 12.0. The molecule has 0 heterocycles. The SMILES string of the molecule is O=C(NC(CSCCSC(F)(F)F)C(=O)O)OCc1ccccc1. The van der Waals surface area contributed by atoms with Gasteiger partial charge in [-0.2, -0.15) is 24.9 Å². The highest BCUT2D eigenvalue weighted by atomic mass is 32.2. The fraction of sp³-hybridized carbons (Fsp3) is 0.429. The van der Waals surface area contributed by atoms with Gasteiger partial charge in [0.2, 0.25) is 0 Å². The van der Waals surface area contributed by atoms with Gasteiger partial charge in [-0.15, -0.1) is 0 Å². The maximum absolute atomic E-state index is 12.0. The third-order valence-electron chi connectivity index (χ3n) is 2.58. The molecule has 1 atom stereocenters. The minimum atomic E-state index is -4.30. The number of carbonyl (C=O) groups is 2. The molecule has 0 radical (unpaired) electrons. The molecule has 24 heavy (non-hydrogen) atoms. The molecule has 5 nitrogen and oxygen atoms in total. The Morgan fingerprint density at radius 1 is 1.21 bits per heavy atom. The third-order valence-corrected chi connectivity index (χ3v) is 4.64. The van der Waals surface area contributed by atoms with E-state index < -0.39 is 23.6 Å². The predicted octanol–water partition coefficient (Wildman–Crippen LogP) is 3.35. The highest BCUT2D eigenvalue weighted by Crippen LogP contribution is 2.30. The van der Waals surface area contributed by atoms with Crippen molar-refractivity contribution in [1.82, 2.24) is 5.32 Å². The number of carbonyl (C=O) groups excluding carboxylic acids is 1. The molecule has 2 N–H and O–H groups in total. The van der Waals surface area contributed by atoms with Crippen LogP contribution in [0.25, 0.3) is 0 Å². The molecular formula is C14H16F3NO4S2. The first-order chi connectivity index (χ1) is 11.3. The van der Waals surface area contributed by atoms with E-state index in [2.05, 4.69) is 5.32 Å². The van der Waals surface area contributed by atoms with Crippen molar-refractivity contribution in [1.29, 1.82) is 0 Å². The van der Waals surface area contributed by atoms with Crippen LogP contribution in [-0.2, 0) is 16.1 Å². The molecule has 10 heteroatoms. The molecular weight excluding hydrogens is 367 g/mol. The highest BCUT2D eigenvalue weighted by Gasteiger charge is 2.27. The maximum Gasteiger partial charge on any atom is 0.441 e. The van der Waals surface area contributed by atoms with Crippen LogP contribution in [0.2, 0.25) is 0 Å². The Morgan fingerprint density at radius 2 is 1.88 bits per heavy atom. The van der Waals surface area contributed by atoms with Gasteiger partial charge >= 0.3 is 17.6 Å². The Morgan fingerprint density at radius 3 is 2.46 bits per heavy atom. The average Bonchev–Trinajstić information content (AvgIpc) is 2.51. The van der Waals surface area contributed by atoms with Gasteiger partial charge in [0.15, 0.2) is 0 Å². The summed E-state index contributed by atoms with van der Waals surface area (Å²) in [6.45, 7) is -0.00558. The van der Waals surface area contributed by atoms with E-state index in [1.807, 2.05) is 0 Å². The van der Waals surface area contributed by atoms with Crippen LogP contribution < -0.4 is 5.32 Å². The Balaban J connectivity index is 2.29. The number of ether oxygens (including phenoxy) is 1. The zero-order chi connectivity index (χ0) is 18.0. The summed E-state index contributed by atoms with van der Waals surface area (Å²) in [6, 6.07) is 7.61. The zero-order valence-electron chi connectivity index (χ0n) is 12.4. The van der Waals surface area contributed by atoms with Gasteiger partial charge in [-0.1, -0.05) is 42.1 Å². The molecule has 0 saturated heterocycles. The van der Waals surface area contributed by atoms with Crippen molar-refractivity contribution < 1.29 is 32.6 Å². The average molecular weight is 383 g/mol. The molecule has 134 valence electrons. The molecule has 0 saturated carbocycles. The summed E-state index contributed by atoms with van der Waals surface area (Å²) >= 11 is 0.848. The molecule has 0 aliphatic heterocycles. The molecule has 1 aromatic rings. The lowest BCUT2D eigenvalue weighted by molar-refractivity contribution is -0.138. The molecule has 0 spiro atoms. The number of aliphatic carboxylic acids is 1. The largest absolute Gasteiger partial charge is 0.480 e. The number of benzene rings is 1. The van der Waals surface area contributed by atoms with E-state index in [0.29, 0.717) is 0 Å². The standard InChI is InChI=1S/C14H16F3NO4S2/c15-14(16,17)24-7-6-23-9-11(12(19)20)18-13(21)22-8-10-4-2-1-3-5-10/h1-5,11H,6-9H2,(H,18,21)(H,19,20). The van der Waals surface area contributed by atoms with E-state index in [4.69, 9.17) is 9.84 Å². The summed E-state index contributed by atoms with van der Waals surface area (Å²) in [5.74, 6) is -1.38. The number of nitrogens with one attached hydrogen (secondary N) is 1. The molecule has 0 fully saturated rings. The molecule has 0 aliphatic carbocycles. The number of carboxylic acids is 1. The van der Waals surface area contributed by atoms with Crippen LogP contribution in [-0.4, -0.2) is 46.0 Å². The second-order valence-electron chi connectivity index (χ2n) is 4.47. The summed E-state index contributed by atoms with van der Waals surface area (Å²) in [5, 5.41) is 11.2. The number of rotatable bonds is 9. The van der Waals surface area contributed by atoms with E-state index in [1.165, 1.54) is 0 Å². The first-order valence-corrected chi connectivity index (χ1v) is 8.90. The van der Waals surface area contributed by atoms with Gasteiger partial charge in [-0.05, 0) is 5.56 Å². The lowest BCUT2D eigenvalue weighted by Crippen LogP contribution is -2.42. The first-order valence-electron chi connectivity index (χ1n) is 6.76. The van der Waals surface area contributed by atoms with Gasteiger partial charge in [0.05, 0.1) is 0 Å². The lowest BCUT2D eigenvalue weighted by atomic mass is 10.2. The van der Waals surface area contributed by atoms with Crippen LogP contribution in [0.4, 0.5) is 18.0 Å². The highest BCUT2D eigenvalue weighted by molar-refractivity contribution is 8.03. The third kappa shape index (κ3) is 9.56. The summed E-state index contributed by atoms with van der Waals surface area (Å²) in [6.07, 6.45) is -0.892. The van der Waals surface area contributed by atoms with Crippen molar-refractivity contribution in [2.24, 2.45) is 0 Å². The monoisotopic (exact) mass is 383 g/mol. The van der Waals surface area contributed by atoms with Crippen molar-refractivity contribution in [3.63, 3.8) is 0 Å². The van der Waals surface area contributed by atoms with Gasteiger partial charge in [-0.3, -0.25) is 0 Å². The van der Waals surface area contributed by atoms with E-state index in [-0.39, 0.29) is 35.6 Å². The van der Waals surface area contributed by atoms with Crippen molar-refractivity contribution in [2.75, 3.05) is 17.3 Å². The van der Waals surface area contributed by atoms with Gasteiger partial charge in [-0.25, -0.2) is 9.59 Å². The van der Waals surface area contributed by atoms with Crippen LogP contribution in [0.3, 0.4) is 0 Å². The van der Waals surface area contributed by atoms with Crippen LogP contribution in [0.5, 0.6) is 0 Å². The molecule has 1 rings (SSSR count). The minimum Gasteiger partial charge on any atom is -0.480 e. The number of hydrogen-bond donors (Lipinski definition) is 2. The smallest absolute Gasteiger partial charge is 0.441 e. The number of halogens is 3. The van der Waals surface area contributed by atoms with Crippen LogP contribution in [0, 0.1) is 0 Å². The summed E-state index contributed by atoms with van der Waals surface area (Å²) < 4.78 is 40.8. The summed E-state index contributed by atoms with van der Waals surface area (Å²) in [5.41, 5.74) is -3.55. The normalized spacial score (nSPS) is 12.5. The fourth-order valence-corrected chi connectivity index (χ4v) is 3.16. The Bertz CT molecular complexity index is 529. The number of hydrogen-bond acceptors (Lipinski definition) is 5. The van der Waals surface area contributed by atoms with E-state index in [1.54, 1.807) is 30.3 Å². The lowest BCUT2D eigenvalue weighted by Gasteiger charge is -2.14. The van der Waals surface area contributed by atoms with Crippen LogP contribution >= 0.6 is 23.5 Å². The molecule has 0 aromatic heterocycles. The van der Waals surface area contributed by atoms with Crippen molar-refractivity contribution in [3.8, 4) is 0 Å². The number of carboxylic acid groups (broad SMARTS) is 1. The Labute approximate surface area is 145 Å². The fourth-order valence-electron chi connectivity index (χ4n) is 1.50. The minimum absolute atomic E-state index is 0.00558. The molecule has 0 aliphatic rings. The van der Waals surface area contributed by atoms with Crippen molar-refractivity contribution in [2.45, 2.75) is 18.2 Å². The Hall–Kier alpha value is -1.55. The topological polar surface area (TPSA) is 75.6 Å². The van der Waals surface area contributed by atoms with Gasteiger partial charge in [0.25, 0.3) is 0 Å². The van der Waals surface area contributed by atoms with Gasteiger partial charge in [0, 0.05) is 17.3 Å². The molecule has 1 amide bonds. The van der Waals surface area contributed by atoms with E-state index >= 15 is 0 Å². The number of thioether (sulfide) groups is 2. The quantitative estimate of drug-likeness (QED) is 0.637. The molecule has 0 bridgehead atoms. The van der Waals surface area contributed by atoms with Crippen molar-refractivity contribution in [3.05, 3.63) is 35.9 Å². The predicted molar refractivity (Wildman–Crippen MR) is 87.0 cm³/mol. The van der Waals surface area contributed by atoms with Crippen molar-refractivity contribution >= 4 is 35.6 Å². The second kappa shape index (κ2) is 10.3. The molecule has 1 aromatic carbocycles. The molecule has 1 unspecified atom stereocenters. The summed E-state index contributed by atoms with van der Waals surface area (Å²) in [4.78, 5) is 22.7. The van der Waals surface area contributed by atoms with E-state index in [9.17, 15) is 22.8 Å². The van der Waals surface area contributed by atoms with Crippen LogP contribution in [0.15, 0.2) is 30.3 Å².